The van der Waals surface area contributed by atoms with Crippen LogP contribution >= 0.6 is 0 Å². The minimum atomic E-state index is 0.0631. The molecule has 1 atom stereocenters. The molecule has 2 aromatic carbocycles. The number of aryl methyl sites for hydroxylation is 2. The molecule has 7 heteroatoms. The zero-order chi connectivity index (χ0) is 22.9. The number of fused-ring (bicyclic) bond motifs is 2. The van der Waals surface area contributed by atoms with E-state index in [0.717, 1.165) is 40.0 Å². The predicted octanol–water partition coefficient (Wildman–Crippen LogP) is 4.96. The minimum absolute atomic E-state index is 0.0631. The molecule has 0 spiro atoms. The van der Waals surface area contributed by atoms with E-state index >= 15 is 0 Å². The molecular formula is C26H25N5O2. The van der Waals surface area contributed by atoms with Crippen LogP contribution in [-0.2, 0) is 12.8 Å². The van der Waals surface area contributed by atoms with Gasteiger partial charge in [-0.05, 0) is 61.1 Å². The predicted molar refractivity (Wildman–Crippen MR) is 127 cm³/mol. The van der Waals surface area contributed by atoms with Crippen molar-refractivity contribution in [3.63, 3.8) is 0 Å². The van der Waals surface area contributed by atoms with Crippen LogP contribution in [0, 0.1) is 6.92 Å². The van der Waals surface area contributed by atoms with E-state index in [4.69, 9.17) is 4.74 Å². The number of anilines is 2. The van der Waals surface area contributed by atoms with Crippen molar-refractivity contribution in [3.05, 3.63) is 76.7 Å². The van der Waals surface area contributed by atoms with Gasteiger partial charge in [-0.25, -0.2) is 19.9 Å². The molecule has 2 aromatic heterocycles. The highest BCUT2D eigenvalue weighted by molar-refractivity contribution is 5.98. The molecule has 166 valence electrons. The van der Waals surface area contributed by atoms with Gasteiger partial charge in [-0.2, -0.15) is 0 Å². The van der Waals surface area contributed by atoms with Crippen LogP contribution in [0.15, 0.2) is 48.7 Å². The molecule has 7 nitrogen and oxygen atoms in total. The van der Waals surface area contributed by atoms with Crippen LogP contribution in [0.1, 0.15) is 52.1 Å². The van der Waals surface area contributed by atoms with E-state index < -0.39 is 0 Å². The van der Waals surface area contributed by atoms with Crippen molar-refractivity contribution in [2.45, 2.75) is 39.0 Å². The van der Waals surface area contributed by atoms with Crippen molar-refractivity contribution in [1.82, 2.24) is 19.9 Å². The SMILES string of the molecule is CCc1ccc2nc(Nc3ncc4c(n3)C[C@@H](c3ccc(OC)cc3)CC4=O)nc(C)c2c1. The lowest BCUT2D eigenvalue weighted by molar-refractivity contribution is 0.0962. The number of hydrogen-bond donors (Lipinski definition) is 1. The maximum Gasteiger partial charge on any atom is 0.230 e. The lowest BCUT2D eigenvalue weighted by atomic mass is 9.82. The summed E-state index contributed by atoms with van der Waals surface area (Å²) in [4.78, 5) is 31.0. The zero-order valence-corrected chi connectivity index (χ0v) is 18.9. The Kier molecular flexibility index (Phi) is 5.46. The van der Waals surface area contributed by atoms with Crippen LogP contribution in [0.2, 0.25) is 0 Å². The molecule has 0 amide bonds. The lowest BCUT2D eigenvalue weighted by Gasteiger charge is -2.23. The topological polar surface area (TPSA) is 89.9 Å². The van der Waals surface area contributed by atoms with E-state index in [1.54, 1.807) is 13.3 Å². The highest BCUT2D eigenvalue weighted by atomic mass is 16.5. The van der Waals surface area contributed by atoms with Gasteiger partial charge in [0, 0.05) is 18.0 Å². The van der Waals surface area contributed by atoms with Gasteiger partial charge in [0.25, 0.3) is 0 Å². The Hall–Kier alpha value is -3.87. The summed E-state index contributed by atoms with van der Waals surface area (Å²) in [6.07, 6.45) is 3.69. The van der Waals surface area contributed by atoms with Crippen LogP contribution in [0.4, 0.5) is 11.9 Å². The smallest absolute Gasteiger partial charge is 0.230 e. The number of ether oxygens (including phenoxy) is 1. The van der Waals surface area contributed by atoms with Crippen molar-refractivity contribution in [1.29, 1.82) is 0 Å². The highest BCUT2D eigenvalue weighted by Gasteiger charge is 2.28. The summed E-state index contributed by atoms with van der Waals surface area (Å²) in [6, 6.07) is 14.1. The number of methoxy groups -OCH3 is 1. The van der Waals surface area contributed by atoms with Gasteiger partial charge in [0.05, 0.1) is 29.6 Å². The molecule has 0 fully saturated rings. The monoisotopic (exact) mass is 439 g/mol. The maximum absolute atomic E-state index is 12.8. The fourth-order valence-electron chi connectivity index (χ4n) is 4.32. The number of ketones is 1. The quantitative estimate of drug-likeness (QED) is 0.470. The van der Waals surface area contributed by atoms with Gasteiger partial charge < -0.3 is 4.74 Å². The Morgan fingerprint density at radius 3 is 2.61 bits per heavy atom. The second kappa shape index (κ2) is 8.58. The van der Waals surface area contributed by atoms with Crippen molar-refractivity contribution < 1.29 is 9.53 Å². The van der Waals surface area contributed by atoms with E-state index in [1.807, 2.05) is 37.3 Å². The van der Waals surface area contributed by atoms with Crippen LogP contribution in [0.25, 0.3) is 10.9 Å². The Balaban J connectivity index is 1.42. The zero-order valence-electron chi connectivity index (χ0n) is 18.9. The van der Waals surface area contributed by atoms with Gasteiger partial charge in [-0.3, -0.25) is 10.1 Å². The molecule has 2 heterocycles. The number of carbonyl (C=O) groups is 1. The van der Waals surface area contributed by atoms with E-state index in [2.05, 4.69) is 44.3 Å². The fourth-order valence-corrected chi connectivity index (χ4v) is 4.32. The molecule has 1 aliphatic rings. The Morgan fingerprint density at radius 1 is 1.03 bits per heavy atom. The van der Waals surface area contributed by atoms with Gasteiger partial charge in [0.15, 0.2) is 5.78 Å². The third-order valence-electron chi connectivity index (χ3n) is 6.21. The van der Waals surface area contributed by atoms with E-state index in [9.17, 15) is 4.79 Å². The van der Waals surface area contributed by atoms with E-state index in [-0.39, 0.29) is 11.7 Å². The average Bonchev–Trinajstić information content (AvgIpc) is 2.83. The second-order valence-corrected chi connectivity index (χ2v) is 8.32. The molecule has 0 radical (unpaired) electrons. The summed E-state index contributed by atoms with van der Waals surface area (Å²) >= 11 is 0. The first-order valence-electron chi connectivity index (χ1n) is 11.1. The largest absolute Gasteiger partial charge is 0.497 e. The van der Waals surface area contributed by atoms with Gasteiger partial charge in [-0.15, -0.1) is 0 Å². The molecule has 33 heavy (non-hydrogen) atoms. The first-order chi connectivity index (χ1) is 16.0. The molecular weight excluding hydrogens is 414 g/mol. The maximum atomic E-state index is 12.8. The molecule has 0 bridgehead atoms. The van der Waals surface area contributed by atoms with Gasteiger partial charge in [-0.1, -0.05) is 25.1 Å². The summed E-state index contributed by atoms with van der Waals surface area (Å²) in [6.45, 7) is 4.10. The third-order valence-corrected chi connectivity index (χ3v) is 6.21. The highest BCUT2D eigenvalue weighted by Crippen LogP contribution is 2.33. The third kappa shape index (κ3) is 4.14. The number of nitrogens with one attached hydrogen (secondary N) is 1. The van der Waals surface area contributed by atoms with Gasteiger partial charge in [0.2, 0.25) is 11.9 Å². The van der Waals surface area contributed by atoms with E-state index in [0.29, 0.717) is 30.3 Å². The molecule has 1 aliphatic carbocycles. The fraction of sp³-hybridized carbons (Fsp3) is 0.269. The number of Topliss-reactive ketones (excluding diaryl/α,β-unsaturated/α-hetero) is 1. The normalized spacial score (nSPS) is 15.4. The number of benzene rings is 2. The Bertz CT molecular complexity index is 1350. The Labute approximate surface area is 192 Å². The first-order valence-corrected chi connectivity index (χ1v) is 11.1. The number of nitrogens with zero attached hydrogens (tertiary/aromatic N) is 4. The summed E-state index contributed by atoms with van der Waals surface area (Å²) in [5, 5.41) is 4.17. The Morgan fingerprint density at radius 2 is 1.85 bits per heavy atom. The second-order valence-electron chi connectivity index (χ2n) is 8.32. The summed E-state index contributed by atoms with van der Waals surface area (Å²) in [5.41, 5.74) is 5.45. The van der Waals surface area contributed by atoms with Crippen LogP contribution in [0.5, 0.6) is 5.75 Å². The summed E-state index contributed by atoms with van der Waals surface area (Å²) in [5.74, 6) is 1.77. The number of carbonyl (C=O) groups excluding carboxylic acids is 1. The first kappa shape index (κ1) is 21.0. The van der Waals surface area contributed by atoms with Crippen molar-refractivity contribution in [3.8, 4) is 5.75 Å². The van der Waals surface area contributed by atoms with Crippen LogP contribution < -0.4 is 10.1 Å². The molecule has 0 aliphatic heterocycles. The van der Waals surface area contributed by atoms with Crippen LogP contribution in [-0.4, -0.2) is 32.8 Å². The van der Waals surface area contributed by atoms with Gasteiger partial charge in [0.1, 0.15) is 5.75 Å². The van der Waals surface area contributed by atoms with Crippen LogP contribution in [0.3, 0.4) is 0 Å². The lowest BCUT2D eigenvalue weighted by Crippen LogP contribution is -2.21. The summed E-state index contributed by atoms with van der Waals surface area (Å²) in [7, 11) is 1.64. The van der Waals surface area contributed by atoms with Crippen molar-refractivity contribution >= 4 is 28.6 Å². The molecule has 0 saturated heterocycles. The standard InChI is InChI=1S/C26H25N5O2/c1-4-16-5-10-22-20(11-16)15(2)28-26(29-22)31-25-27-14-21-23(30-25)12-18(13-24(21)32)17-6-8-19(33-3)9-7-17/h5-11,14,18H,4,12-13H2,1-3H3,(H,27,28,29,30,31)/t18-/m1/s1. The minimum Gasteiger partial charge on any atom is -0.497 e. The van der Waals surface area contributed by atoms with Crippen molar-refractivity contribution in [2.24, 2.45) is 0 Å². The number of hydrogen-bond acceptors (Lipinski definition) is 7. The average molecular weight is 440 g/mol. The number of aromatic nitrogens is 4. The van der Waals surface area contributed by atoms with Gasteiger partial charge >= 0.3 is 0 Å². The molecule has 4 aromatic rings. The summed E-state index contributed by atoms with van der Waals surface area (Å²) < 4.78 is 5.25. The van der Waals surface area contributed by atoms with Crippen molar-refractivity contribution in [2.75, 3.05) is 12.4 Å². The molecule has 0 saturated carbocycles. The molecule has 1 N–H and O–H groups in total. The molecule has 0 unspecified atom stereocenters. The molecule has 5 rings (SSSR count). The number of rotatable bonds is 5. The van der Waals surface area contributed by atoms with E-state index in [1.165, 1.54) is 5.56 Å².